The number of esters is 1. The molecule has 0 heterocycles. The van der Waals surface area contributed by atoms with Crippen LogP contribution in [0.4, 0.5) is 0 Å². The Kier molecular flexibility index (Phi) is 8.77. The molecule has 0 saturated heterocycles. The molecule has 0 fully saturated rings. The van der Waals surface area contributed by atoms with E-state index < -0.39 is 0 Å². The third kappa shape index (κ3) is 7.70. The first-order valence-corrected chi connectivity index (χ1v) is 9.73. The van der Waals surface area contributed by atoms with Crippen LogP contribution in [0.5, 0.6) is 0 Å². The smallest absolute Gasteiger partial charge is 0.306 e. The third-order valence-electron chi connectivity index (χ3n) is 4.37. The Morgan fingerprint density at radius 2 is 1.66 bits per heavy atom. The Balaban J connectivity index is 1.90. The van der Waals surface area contributed by atoms with Gasteiger partial charge in [-0.25, -0.2) is 0 Å². The van der Waals surface area contributed by atoms with Crippen LogP contribution in [0, 0.1) is 5.41 Å². The van der Waals surface area contributed by atoms with Crippen LogP contribution in [0.2, 0.25) is 0 Å². The highest BCUT2D eigenvalue weighted by atomic mass is 16.5. The van der Waals surface area contributed by atoms with Gasteiger partial charge in [-0.2, -0.15) is 0 Å². The van der Waals surface area contributed by atoms with Gasteiger partial charge in [0.05, 0.1) is 13.0 Å². The zero-order chi connectivity index (χ0) is 21.1. The molecule has 1 aromatic carbocycles. The number of rotatable bonds is 10. The number of ether oxygens (including phenoxy) is 1. The molecule has 1 aliphatic carbocycles. The first-order chi connectivity index (χ1) is 14.0. The van der Waals surface area contributed by atoms with Crippen molar-refractivity contribution in [1.82, 2.24) is 0 Å². The SMILES string of the molecule is C=C(CC1=C/C=C/C=C\C=C1)C(=O)c1ccc(CC(=N)CCC(=O)OCC)cc1. The van der Waals surface area contributed by atoms with Crippen molar-refractivity contribution in [1.29, 1.82) is 5.41 Å². The summed E-state index contributed by atoms with van der Waals surface area (Å²) in [5.74, 6) is -0.359. The van der Waals surface area contributed by atoms with E-state index in [1.54, 1.807) is 19.1 Å². The monoisotopic (exact) mass is 389 g/mol. The number of allylic oxidation sites excluding steroid dienone is 9. The maximum absolute atomic E-state index is 12.7. The van der Waals surface area contributed by atoms with Crippen LogP contribution < -0.4 is 0 Å². The Bertz CT molecular complexity index is 883. The van der Waals surface area contributed by atoms with Gasteiger partial charge in [0.15, 0.2) is 5.78 Å². The summed E-state index contributed by atoms with van der Waals surface area (Å²) in [5, 5.41) is 8.02. The number of Topliss-reactive ketones (excluding diaryl/α,β-unsaturated/α-hetero) is 1. The second-order valence-electron chi connectivity index (χ2n) is 6.76. The molecule has 1 aromatic rings. The van der Waals surface area contributed by atoms with Gasteiger partial charge in [-0.3, -0.25) is 9.59 Å². The molecule has 0 aromatic heterocycles. The number of ketones is 1. The van der Waals surface area contributed by atoms with Crippen LogP contribution in [0.15, 0.2) is 84.5 Å². The molecule has 2 rings (SSSR count). The van der Waals surface area contributed by atoms with Crippen molar-refractivity contribution in [3.8, 4) is 0 Å². The summed E-state index contributed by atoms with van der Waals surface area (Å²) in [6.07, 6.45) is 15.2. The normalized spacial score (nSPS) is 14.9. The first-order valence-electron chi connectivity index (χ1n) is 9.73. The number of benzene rings is 1. The molecule has 29 heavy (non-hydrogen) atoms. The van der Waals surface area contributed by atoms with E-state index in [-0.39, 0.29) is 18.2 Å². The minimum absolute atomic E-state index is 0.0789. The van der Waals surface area contributed by atoms with Gasteiger partial charge in [0.25, 0.3) is 0 Å². The maximum atomic E-state index is 12.7. The Labute approximate surface area is 172 Å². The number of nitrogens with one attached hydrogen (secondary N) is 1. The molecule has 0 spiro atoms. The molecule has 1 N–H and O–H groups in total. The third-order valence-corrected chi connectivity index (χ3v) is 4.37. The number of carbonyl (C=O) groups excluding carboxylic acids is 2. The van der Waals surface area contributed by atoms with Crippen molar-refractivity contribution in [2.75, 3.05) is 6.61 Å². The summed E-state index contributed by atoms with van der Waals surface area (Å²) in [6.45, 7) is 6.08. The fourth-order valence-corrected chi connectivity index (χ4v) is 2.85. The molecule has 4 heteroatoms. The molecule has 150 valence electrons. The molecule has 4 nitrogen and oxygen atoms in total. The van der Waals surface area contributed by atoms with Crippen LogP contribution in [0.1, 0.15) is 42.1 Å². The van der Waals surface area contributed by atoms with Gasteiger partial charge in [0, 0.05) is 24.1 Å². The maximum Gasteiger partial charge on any atom is 0.306 e. The van der Waals surface area contributed by atoms with Gasteiger partial charge in [0.2, 0.25) is 0 Å². The molecule has 0 unspecified atom stereocenters. The van der Waals surface area contributed by atoms with Gasteiger partial charge >= 0.3 is 5.97 Å². The van der Waals surface area contributed by atoms with Crippen molar-refractivity contribution in [2.24, 2.45) is 0 Å². The number of hydrogen-bond donors (Lipinski definition) is 1. The highest BCUT2D eigenvalue weighted by Crippen LogP contribution is 2.18. The first kappa shape index (κ1) is 22.0. The molecule has 1 aliphatic rings. The molecular weight excluding hydrogens is 362 g/mol. The van der Waals surface area contributed by atoms with Gasteiger partial charge in [-0.1, -0.05) is 73.4 Å². The molecule has 0 amide bonds. The minimum Gasteiger partial charge on any atom is -0.466 e. The summed E-state index contributed by atoms with van der Waals surface area (Å²) < 4.78 is 4.88. The van der Waals surface area contributed by atoms with E-state index in [9.17, 15) is 9.59 Å². The predicted octanol–water partition coefficient (Wildman–Crippen LogP) is 5.33. The van der Waals surface area contributed by atoms with E-state index in [2.05, 4.69) is 6.58 Å². The molecule has 0 bridgehead atoms. The lowest BCUT2D eigenvalue weighted by Crippen LogP contribution is -2.09. The predicted molar refractivity (Wildman–Crippen MR) is 117 cm³/mol. The molecule has 0 atom stereocenters. The fourth-order valence-electron chi connectivity index (χ4n) is 2.85. The second kappa shape index (κ2) is 11.5. The largest absolute Gasteiger partial charge is 0.466 e. The molecule has 0 radical (unpaired) electrons. The standard InChI is InChI=1S/C25H27NO3/c1-3-29-24(27)16-15-23(26)18-21-11-13-22(14-12-21)25(28)19(2)17-20-9-7-5-4-6-8-10-20/h4-14,26H,2-3,15-18H2,1H3/b5-4-,6-4?,7-5?,8-6+,9-7?,10-8?,20-9?,20-10?,26-23?. The van der Waals surface area contributed by atoms with Gasteiger partial charge in [-0.05, 0) is 30.1 Å². The fraction of sp³-hybridized carbons (Fsp3) is 0.240. The van der Waals surface area contributed by atoms with Crippen LogP contribution in [-0.4, -0.2) is 24.1 Å². The Morgan fingerprint density at radius 1 is 0.966 bits per heavy atom. The average Bonchev–Trinajstić information content (AvgIpc) is 2.68. The minimum atomic E-state index is -0.280. The molecule has 0 aliphatic heterocycles. The van der Waals surface area contributed by atoms with E-state index >= 15 is 0 Å². The van der Waals surface area contributed by atoms with Crippen LogP contribution in [0.25, 0.3) is 0 Å². The summed E-state index contributed by atoms with van der Waals surface area (Å²) in [4.78, 5) is 24.1. The van der Waals surface area contributed by atoms with E-state index in [1.807, 2.05) is 54.7 Å². The highest BCUT2D eigenvalue weighted by Gasteiger charge is 2.12. The summed E-state index contributed by atoms with van der Waals surface area (Å²) >= 11 is 0. The number of carbonyl (C=O) groups is 2. The highest BCUT2D eigenvalue weighted by molar-refractivity contribution is 6.08. The summed E-state index contributed by atoms with van der Waals surface area (Å²) in [6, 6.07) is 7.24. The molecule has 0 saturated carbocycles. The lowest BCUT2D eigenvalue weighted by molar-refractivity contribution is -0.142. The second-order valence-corrected chi connectivity index (χ2v) is 6.76. The zero-order valence-corrected chi connectivity index (χ0v) is 16.8. The van der Waals surface area contributed by atoms with Crippen LogP contribution in [-0.2, 0) is 16.0 Å². The average molecular weight is 389 g/mol. The van der Waals surface area contributed by atoms with Crippen molar-refractivity contribution in [3.05, 3.63) is 95.6 Å². The van der Waals surface area contributed by atoms with Gasteiger partial charge in [0.1, 0.15) is 0 Å². The van der Waals surface area contributed by atoms with Crippen molar-refractivity contribution in [3.63, 3.8) is 0 Å². The van der Waals surface area contributed by atoms with Crippen LogP contribution in [0.3, 0.4) is 0 Å². The lowest BCUT2D eigenvalue weighted by Gasteiger charge is -2.08. The quantitative estimate of drug-likeness (QED) is 0.254. The molecular formula is C25H27NO3. The van der Waals surface area contributed by atoms with E-state index in [0.717, 1.165) is 11.1 Å². The Morgan fingerprint density at radius 3 is 2.38 bits per heavy atom. The lowest BCUT2D eigenvalue weighted by atomic mass is 9.96. The van der Waals surface area contributed by atoms with Crippen LogP contribution >= 0.6 is 0 Å². The van der Waals surface area contributed by atoms with Gasteiger partial charge in [-0.15, -0.1) is 0 Å². The van der Waals surface area contributed by atoms with Crippen molar-refractivity contribution < 1.29 is 14.3 Å². The van der Waals surface area contributed by atoms with E-state index in [1.165, 1.54) is 0 Å². The Hall–Kier alpha value is -3.27. The van der Waals surface area contributed by atoms with Crippen molar-refractivity contribution in [2.45, 2.75) is 32.6 Å². The summed E-state index contributed by atoms with van der Waals surface area (Å²) in [5.41, 5.74) is 3.54. The number of hydrogen-bond acceptors (Lipinski definition) is 4. The van der Waals surface area contributed by atoms with E-state index in [4.69, 9.17) is 10.1 Å². The van der Waals surface area contributed by atoms with Gasteiger partial charge < -0.3 is 10.1 Å². The topological polar surface area (TPSA) is 67.2 Å². The van der Waals surface area contributed by atoms with Crippen molar-refractivity contribution >= 4 is 17.5 Å². The zero-order valence-electron chi connectivity index (χ0n) is 16.8. The van der Waals surface area contributed by atoms with E-state index in [0.29, 0.717) is 42.7 Å². The summed E-state index contributed by atoms with van der Waals surface area (Å²) in [7, 11) is 0.